The first-order valence-electron chi connectivity index (χ1n) is 5.51. The minimum Gasteiger partial charge on any atom is -0.466 e. The van der Waals surface area contributed by atoms with E-state index in [0.29, 0.717) is 18.2 Å². The van der Waals surface area contributed by atoms with Gasteiger partial charge in [-0.05, 0) is 33.1 Å². The van der Waals surface area contributed by atoms with Gasteiger partial charge in [-0.15, -0.1) is 11.3 Å². The Bertz CT molecular complexity index is 350. The summed E-state index contributed by atoms with van der Waals surface area (Å²) in [6.45, 7) is 4.30. The lowest BCUT2D eigenvalue weighted by molar-refractivity contribution is -0.143. The molecule has 0 saturated carbocycles. The lowest BCUT2D eigenvalue weighted by Gasteiger charge is -2.01. The molecule has 0 spiro atoms. The number of unbranched alkanes of at least 4 members (excludes halogenated alkanes) is 1. The van der Waals surface area contributed by atoms with Crippen molar-refractivity contribution < 1.29 is 9.53 Å². The fourth-order valence-corrected chi connectivity index (χ4v) is 2.21. The SMILES string of the molecule is CCOC(=O)CCCCc1nc(N)sc1C. The molecule has 90 valence electrons. The van der Waals surface area contributed by atoms with Crippen molar-refractivity contribution in [3.8, 4) is 0 Å². The van der Waals surface area contributed by atoms with Crippen LogP contribution in [0.5, 0.6) is 0 Å². The van der Waals surface area contributed by atoms with Gasteiger partial charge in [0.2, 0.25) is 0 Å². The number of esters is 1. The maximum absolute atomic E-state index is 11.1. The molecule has 5 heteroatoms. The van der Waals surface area contributed by atoms with Gasteiger partial charge in [0.05, 0.1) is 12.3 Å². The molecule has 0 aliphatic rings. The number of nitrogens with two attached hydrogens (primary N) is 1. The van der Waals surface area contributed by atoms with Crippen molar-refractivity contribution >= 4 is 22.4 Å². The summed E-state index contributed by atoms with van der Waals surface area (Å²) in [5, 5.41) is 0.623. The third-order valence-electron chi connectivity index (χ3n) is 2.26. The molecular weight excluding hydrogens is 224 g/mol. The van der Waals surface area contributed by atoms with Gasteiger partial charge in [0.1, 0.15) is 0 Å². The summed E-state index contributed by atoms with van der Waals surface area (Å²) in [5.74, 6) is -0.114. The molecular formula is C11H18N2O2S. The van der Waals surface area contributed by atoms with Gasteiger partial charge in [-0.25, -0.2) is 4.98 Å². The topological polar surface area (TPSA) is 65.2 Å². The van der Waals surface area contributed by atoms with Crippen LogP contribution >= 0.6 is 11.3 Å². The van der Waals surface area contributed by atoms with E-state index in [1.54, 1.807) is 0 Å². The van der Waals surface area contributed by atoms with Gasteiger partial charge < -0.3 is 10.5 Å². The molecule has 0 radical (unpaired) electrons. The lowest BCUT2D eigenvalue weighted by atomic mass is 10.1. The Kier molecular flexibility index (Phi) is 5.25. The highest BCUT2D eigenvalue weighted by Crippen LogP contribution is 2.20. The van der Waals surface area contributed by atoms with E-state index in [-0.39, 0.29) is 5.97 Å². The summed E-state index contributed by atoms with van der Waals surface area (Å²) < 4.78 is 4.85. The van der Waals surface area contributed by atoms with Crippen LogP contribution in [0.3, 0.4) is 0 Å². The van der Waals surface area contributed by atoms with Gasteiger partial charge in [0.25, 0.3) is 0 Å². The minimum atomic E-state index is -0.114. The van der Waals surface area contributed by atoms with Gasteiger partial charge in [-0.2, -0.15) is 0 Å². The van der Waals surface area contributed by atoms with Gasteiger partial charge >= 0.3 is 5.97 Å². The van der Waals surface area contributed by atoms with E-state index in [1.807, 2.05) is 13.8 Å². The summed E-state index contributed by atoms with van der Waals surface area (Å²) in [5.41, 5.74) is 6.67. The molecule has 2 N–H and O–H groups in total. The maximum atomic E-state index is 11.1. The zero-order valence-corrected chi connectivity index (χ0v) is 10.6. The Balaban J connectivity index is 2.21. The van der Waals surface area contributed by atoms with Crippen molar-refractivity contribution in [3.63, 3.8) is 0 Å². The first-order chi connectivity index (χ1) is 7.63. The standard InChI is InChI=1S/C11H18N2O2S/c1-3-15-10(14)7-5-4-6-9-8(2)16-11(12)13-9/h3-7H2,1-2H3,(H2,12,13). The number of hydrogen-bond donors (Lipinski definition) is 1. The molecule has 0 aliphatic heterocycles. The van der Waals surface area contributed by atoms with E-state index in [2.05, 4.69) is 4.98 Å². The van der Waals surface area contributed by atoms with Crippen LogP contribution in [0.1, 0.15) is 36.8 Å². The maximum Gasteiger partial charge on any atom is 0.305 e. The van der Waals surface area contributed by atoms with Crippen LogP contribution in [-0.2, 0) is 16.0 Å². The molecule has 0 fully saturated rings. The molecule has 0 aliphatic carbocycles. The van der Waals surface area contributed by atoms with Crippen LogP contribution in [0.15, 0.2) is 0 Å². The number of anilines is 1. The predicted octanol–water partition coefficient (Wildman–Crippen LogP) is 2.31. The highest BCUT2D eigenvalue weighted by atomic mass is 32.1. The summed E-state index contributed by atoms with van der Waals surface area (Å²) in [6, 6.07) is 0. The molecule has 0 bridgehead atoms. The molecule has 1 heterocycles. The largest absolute Gasteiger partial charge is 0.466 e. The predicted molar refractivity (Wildman–Crippen MR) is 65.5 cm³/mol. The van der Waals surface area contributed by atoms with Crippen LogP contribution in [0.25, 0.3) is 0 Å². The highest BCUT2D eigenvalue weighted by Gasteiger charge is 2.06. The van der Waals surface area contributed by atoms with Crippen molar-refractivity contribution in [2.24, 2.45) is 0 Å². The lowest BCUT2D eigenvalue weighted by Crippen LogP contribution is -2.03. The van der Waals surface area contributed by atoms with E-state index in [0.717, 1.165) is 25.0 Å². The van der Waals surface area contributed by atoms with Crippen molar-refractivity contribution in [1.29, 1.82) is 0 Å². The summed E-state index contributed by atoms with van der Waals surface area (Å²) in [6.07, 6.45) is 3.17. The number of aryl methyl sites for hydroxylation is 2. The second-order valence-corrected chi connectivity index (χ2v) is 4.80. The van der Waals surface area contributed by atoms with Crippen LogP contribution in [-0.4, -0.2) is 17.6 Å². The number of carbonyl (C=O) groups excluding carboxylic acids is 1. The van der Waals surface area contributed by atoms with Crippen molar-refractivity contribution in [2.45, 2.75) is 39.5 Å². The quantitative estimate of drug-likeness (QED) is 0.614. The number of thiazole rings is 1. The fraction of sp³-hybridized carbons (Fsp3) is 0.636. The normalized spacial score (nSPS) is 10.4. The zero-order valence-electron chi connectivity index (χ0n) is 9.78. The Morgan fingerprint density at radius 3 is 2.81 bits per heavy atom. The Morgan fingerprint density at radius 2 is 2.25 bits per heavy atom. The fourth-order valence-electron chi connectivity index (χ4n) is 1.48. The Labute approximate surface area is 99.8 Å². The average Bonchev–Trinajstić information content (AvgIpc) is 2.53. The van der Waals surface area contributed by atoms with E-state index in [9.17, 15) is 4.79 Å². The molecule has 0 amide bonds. The third kappa shape index (κ3) is 4.18. The number of hydrogen-bond acceptors (Lipinski definition) is 5. The van der Waals surface area contributed by atoms with E-state index >= 15 is 0 Å². The smallest absolute Gasteiger partial charge is 0.305 e. The molecule has 1 aromatic rings. The van der Waals surface area contributed by atoms with Crippen molar-refractivity contribution in [1.82, 2.24) is 4.98 Å². The monoisotopic (exact) mass is 242 g/mol. The van der Waals surface area contributed by atoms with Crippen LogP contribution in [0.2, 0.25) is 0 Å². The molecule has 1 aromatic heterocycles. The number of ether oxygens (including phenoxy) is 1. The summed E-state index contributed by atoms with van der Waals surface area (Å²) in [4.78, 5) is 16.5. The Morgan fingerprint density at radius 1 is 1.50 bits per heavy atom. The molecule has 16 heavy (non-hydrogen) atoms. The average molecular weight is 242 g/mol. The second-order valence-electron chi connectivity index (χ2n) is 3.57. The van der Waals surface area contributed by atoms with E-state index < -0.39 is 0 Å². The van der Waals surface area contributed by atoms with E-state index in [1.165, 1.54) is 16.2 Å². The molecule has 0 unspecified atom stereocenters. The number of carbonyl (C=O) groups is 1. The second kappa shape index (κ2) is 6.48. The minimum absolute atomic E-state index is 0.114. The summed E-state index contributed by atoms with van der Waals surface area (Å²) >= 11 is 1.52. The molecule has 0 saturated heterocycles. The van der Waals surface area contributed by atoms with Gasteiger partial charge in [0, 0.05) is 11.3 Å². The van der Waals surface area contributed by atoms with Crippen LogP contribution < -0.4 is 5.73 Å². The first-order valence-corrected chi connectivity index (χ1v) is 6.32. The number of nitrogen functional groups attached to an aromatic ring is 1. The van der Waals surface area contributed by atoms with Crippen molar-refractivity contribution in [3.05, 3.63) is 10.6 Å². The molecule has 0 atom stereocenters. The third-order valence-corrected chi connectivity index (χ3v) is 3.10. The molecule has 1 rings (SSSR count). The number of nitrogens with zero attached hydrogens (tertiary/aromatic N) is 1. The first kappa shape index (κ1) is 13.0. The van der Waals surface area contributed by atoms with Gasteiger partial charge in [-0.1, -0.05) is 0 Å². The van der Waals surface area contributed by atoms with Gasteiger partial charge in [-0.3, -0.25) is 4.79 Å². The molecule has 0 aromatic carbocycles. The van der Waals surface area contributed by atoms with E-state index in [4.69, 9.17) is 10.5 Å². The number of rotatable bonds is 6. The number of aromatic nitrogens is 1. The summed E-state index contributed by atoms with van der Waals surface area (Å²) in [7, 11) is 0. The molecule has 4 nitrogen and oxygen atoms in total. The highest BCUT2D eigenvalue weighted by molar-refractivity contribution is 7.15. The van der Waals surface area contributed by atoms with Crippen LogP contribution in [0.4, 0.5) is 5.13 Å². The zero-order chi connectivity index (χ0) is 12.0. The van der Waals surface area contributed by atoms with Gasteiger partial charge in [0.15, 0.2) is 5.13 Å². The van der Waals surface area contributed by atoms with Crippen molar-refractivity contribution in [2.75, 3.05) is 12.3 Å². The Hall–Kier alpha value is -1.10. The van der Waals surface area contributed by atoms with Crippen LogP contribution in [0, 0.1) is 6.92 Å².